The highest BCUT2D eigenvalue weighted by Crippen LogP contribution is 2.25. The molecule has 1 aliphatic rings. The summed E-state index contributed by atoms with van der Waals surface area (Å²) in [4.78, 5) is 2.40. The van der Waals surface area contributed by atoms with Crippen LogP contribution in [0.25, 0.3) is 0 Å². The van der Waals surface area contributed by atoms with Crippen LogP contribution < -0.4 is 10.2 Å². The number of ether oxygens (including phenoxy) is 1. The fraction of sp³-hybridized carbons (Fsp3) is 0.625. The first-order valence-electron chi connectivity index (χ1n) is 7.60. The van der Waals surface area contributed by atoms with Crippen LogP contribution in [0.15, 0.2) is 22.7 Å². The monoisotopic (exact) mass is 340 g/mol. The van der Waals surface area contributed by atoms with Crippen molar-refractivity contribution in [3.8, 4) is 0 Å². The molecule has 0 amide bonds. The number of nitrogens with zero attached hydrogens (tertiary/aromatic N) is 1. The molecule has 0 aromatic heterocycles. The van der Waals surface area contributed by atoms with Crippen LogP contribution in [0.5, 0.6) is 0 Å². The van der Waals surface area contributed by atoms with E-state index in [-0.39, 0.29) is 0 Å². The molecule has 20 heavy (non-hydrogen) atoms. The zero-order valence-corrected chi connectivity index (χ0v) is 14.1. The van der Waals surface area contributed by atoms with Gasteiger partial charge >= 0.3 is 0 Å². The largest absolute Gasteiger partial charge is 0.376 e. The molecular formula is C16H25BrN2O. The minimum atomic E-state index is 0.398. The third-order valence-corrected chi connectivity index (χ3v) is 4.54. The van der Waals surface area contributed by atoms with E-state index in [0.717, 1.165) is 32.8 Å². The number of hydrogen-bond donors (Lipinski definition) is 1. The first kappa shape index (κ1) is 15.8. The van der Waals surface area contributed by atoms with Crippen molar-refractivity contribution < 1.29 is 4.74 Å². The predicted octanol–water partition coefficient (Wildman–Crippen LogP) is 3.56. The van der Waals surface area contributed by atoms with E-state index >= 15 is 0 Å². The third kappa shape index (κ3) is 4.21. The van der Waals surface area contributed by atoms with E-state index in [0.29, 0.717) is 6.10 Å². The Morgan fingerprint density at radius 3 is 2.85 bits per heavy atom. The van der Waals surface area contributed by atoms with Crippen LogP contribution in [0.1, 0.15) is 32.3 Å². The first-order chi connectivity index (χ1) is 9.74. The van der Waals surface area contributed by atoms with Crippen LogP contribution in [0.4, 0.5) is 5.69 Å². The molecule has 0 bridgehead atoms. The molecule has 1 N–H and O–H groups in total. The van der Waals surface area contributed by atoms with Gasteiger partial charge in [-0.05, 0) is 44.0 Å². The van der Waals surface area contributed by atoms with Crippen LogP contribution in [0.2, 0.25) is 0 Å². The Balaban J connectivity index is 2.03. The van der Waals surface area contributed by atoms with Gasteiger partial charge in [0.25, 0.3) is 0 Å². The number of rotatable bonds is 7. The number of benzene rings is 1. The van der Waals surface area contributed by atoms with E-state index in [1.807, 2.05) is 0 Å². The molecule has 0 spiro atoms. The lowest BCUT2D eigenvalue weighted by Gasteiger charge is -2.26. The molecule has 112 valence electrons. The maximum absolute atomic E-state index is 5.75. The highest BCUT2D eigenvalue weighted by Gasteiger charge is 2.19. The van der Waals surface area contributed by atoms with E-state index < -0.39 is 0 Å². The molecule has 3 nitrogen and oxygen atoms in total. The second-order valence-electron chi connectivity index (χ2n) is 5.23. The van der Waals surface area contributed by atoms with Crippen molar-refractivity contribution in [2.45, 2.75) is 39.3 Å². The van der Waals surface area contributed by atoms with E-state index in [1.54, 1.807) is 0 Å². The topological polar surface area (TPSA) is 24.5 Å². The van der Waals surface area contributed by atoms with Gasteiger partial charge in [-0.3, -0.25) is 0 Å². The molecule has 1 aromatic carbocycles. The summed E-state index contributed by atoms with van der Waals surface area (Å²) in [6.07, 6.45) is 2.79. The molecule has 1 heterocycles. The Labute approximate surface area is 130 Å². The number of anilines is 1. The Morgan fingerprint density at radius 2 is 2.25 bits per heavy atom. The molecule has 1 saturated heterocycles. The molecule has 1 unspecified atom stereocenters. The van der Waals surface area contributed by atoms with Gasteiger partial charge in [0, 0.05) is 36.4 Å². The number of likely N-dealkylation sites (N-methyl/N-ethyl adjacent to an activating group) is 1. The van der Waals surface area contributed by atoms with Crippen molar-refractivity contribution in [3.05, 3.63) is 28.2 Å². The first-order valence-corrected chi connectivity index (χ1v) is 8.39. The Kier molecular flexibility index (Phi) is 6.33. The summed E-state index contributed by atoms with van der Waals surface area (Å²) in [6.45, 7) is 9.17. The van der Waals surface area contributed by atoms with Crippen molar-refractivity contribution in [2.75, 3.05) is 31.1 Å². The van der Waals surface area contributed by atoms with Crippen LogP contribution in [-0.4, -0.2) is 32.3 Å². The quantitative estimate of drug-likeness (QED) is 0.821. The smallest absolute Gasteiger partial charge is 0.0750 e. The average Bonchev–Trinajstić information content (AvgIpc) is 2.96. The van der Waals surface area contributed by atoms with E-state index in [1.165, 1.54) is 28.6 Å². The molecule has 1 fully saturated rings. The van der Waals surface area contributed by atoms with Crippen molar-refractivity contribution >= 4 is 21.6 Å². The number of hydrogen-bond acceptors (Lipinski definition) is 3. The molecule has 1 aromatic rings. The van der Waals surface area contributed by atoms with Gasteiger partial charge in [-0.25, -0.2) is 0 Å². The SMILES string of the molecule is CCNCc1ccc(N(CC)CC2CCCO2)cc1Br. The van der Waals surface area contributed by atoms with E-state index in [4.69, 9.17) is 4.74 Å². The van der Waals surface area contributed by atoms with Gasteiger partial charge in [-0.15, -0.1) is 0 Å². The van der Waals surface area contributed by atoms with Gasteiger partial charge < -0.3 is 15.0 Å². The molecule has 0 radical (unpaired) electrons. The summed E-state index contributed by atoms with van der Waals surface area (Å²) in [5.41, 5.74) is 2.58. The highest BCUT2D eigenvalue weighted by molar-refractivity contribution is 9.10. The van der Waals surface area contributed by atoms with Crippen LogP contribution in [0, 0.1) is 0 Å². The summed E-state index contributed by atoms with van der Waals surface area (Å²) in [5, 5.41) is 3.36. The van der Waals surface area contributed by atoms with Gasteiger partial charge in [0.05, 0.1) is 6.10 Å². The van der Waals surface area contributed by atoms with Crippen molar-refractivity contribution in [3.63, 3.8) is 0 Å². The normalized spacial score (nSPS) is 18.4. The van der Waals surface area contributed by atoms with E-state index in [2.05, 4.69) is 58.2 Å². The Bertz CT molecular complexity index is 419. The molecule has 2 rings (SSSR count). The molecule has 1 atom stereocenters. The maximum Gasteiger partial charge on any atom is 0.0750 e. The van der Waals surface area contributed by atoms with Crippen LogP contribution in [0.3, 0.4) is 0 Å². The lowest BCUT2D eigenvalue weighted by molar-refractivity contribution is 0.115. The highest BCUT2D eigenvalue weighted by atomic mass is 79.9. The number of nitrogens with one attached hydrogen (secondary N) is 1. The summed E-state index contributed by atoms with van der Waals surface area (Å²) in [5.74, 6) is 0. The molecule has 1 aliphatic heterocycles. The lowest BCUT2D eigenvalue weighted by Crippen LogP contribution is -2.32. The lowest BCUT2D eigenvalue weighted by atomic mass is 10.1. The maximum atomic E-state index is 5.75. The van der Waals surface area contributed by atoms with Crippen molar-refractivity contribution in [2.24, 2.45) is 0 Å². The summed E-state index contributed by atoms with van der Waals surface area (Å²) < 4.78 is 6.93. The molecule has 4 heteroatoms. The summed E-state index contributed by atoms with van der Waals surface area (Å²) >= 11 is 3.69. The Morgan fingerprint density at radius 1 is 1.40 bits per heavy atom. The summed E-state index contributed by atoms with van der Waals surface area (Å²) in [7, 11) is 0. The Hall–Kier alpha value is -0.580. The minimum absolute atomic E-state index is 0.398. The fourth-order valence-electron chi connectivity index (χ4n) is 2.59. The third-order valence-electron chi connectivity index (χ3n) is 3.80. The second kappa shape index (κ2) is 8.01. The van der Waals surface area contributed by atoms with E-state index in [9.17, 15) is 0 Å². The van der Waals surface area contributed by atoms with Crippen LogP contribution >= 0.6 is 15.9 Å². The standard InChI is InChI=1S/C16H25BrN2O/c1-3-18-11-13-7-8-14(10-16(13)17)19(4-2)12-15-6-5-9-20-15/h7-8,10,15,18H,3-6,9,11-12H2,1-2H3. The average molecular weight is 341 g/mol. The summed E-state index contributed by atoms with van der Waals surface area (Å²) in [6, 6.07) is 6.65. The fourth-order valence-corrected chi connectivity index (χ4v) is 3.09. The predicted molar refractivity (Wildman–Crippen MR) is 88.4 cm³/mol. The number of halogens is 1. The zero-order valence-electron chi connectivity index (χ0n) is 12.5. The minimum Gasteiger partial charge on any atom is -0.376 e. The molecular weight excluding hydrogens is 316 g/mol. The second-order valence-corrected chi connectivity index (χ2v) is 6.08. The van der Waals surface area contributed by atoms with Crippen LogP contribution in [-0.2, 0) is 11.3 Å². The van der Waals surface area contributed by atoms with Gasteiger partial charge in [0.2, 0.25) is 0 Å². The van der Waals surface area contributed by atoms with Crippen molar-refractivity contribution in [1.82, 2.24) is 5.32 Å². The van der Waals surface area contributed by atoms with Gasteiger partial charge in [-0.2, -0.15) is 0 Å². The molecule has 0 saturated carbocycles. The van der Waals surface area contributed by atoms with Crippen molar-refractivity contribution in [1.29, 1.82) is 0 Å². The van der Waals surface area contributed by atoms with Gasteiger partial charge in [-0.1, -0.05) is 28.9 Å². The van der Waals surface area contributed by atoms with Gasteiger partial charge in [0.1, 0.15) is 0 Å². The van der Waals surface area contributed by atoms with Gasteiger partial charge in [0.15, 0.2) is 0 Å². The zero-order chi connectivity index (χ0) is 14.4. The molecule has 0 aliphatic carbocycles.